The van der Waals surface area contributed by atoms with Crippen molar-refractivity contribution < 1.29 is 4.92 Å². The molecule has 4 N–H and O–H groups in total. The van der Waals surface area contributed by atoms with E-state index in [1.807, 2.05) is 6.92 Å². The quantitative estimate of drug-likeness (QED) is 0.406. The normalized spacial score (nSPS) is 10.2. The summed E-state index contributed by atoms with van der Waals surface area (Å²) in [5, 5.41) is 17.9. The zero-order valence-corrected chi connectivity index (χ0v) is 10.1. The first-order valence-electron chi connectivity index (χ1n) is 5.42. The van der Waals surface area contributed by atoms with Gasteiger partial charge in [-0.2, -0.15) is 5.10 Å². The SMILES string of the molecule is CCn1ccc(Nc2ncnc(NN)c2[N+](=O)[O-])n1. The van der Waals surface area contributed by atoms with Crippen molar-refractivity contribution in [3.63, 3.8) is 0 Å². The molecule has 0 fully saturated rings. The molecule has 0 aliphatic heterocycles. The summed E-state index contributed by atoms with van der Waals surface area (Å²) in [6.07, 6.45) is 2.92. The maximum atomic E-state index is 11.0. The van der Waals surface area contributed by atoms with Crippen LogP contribution in [0, 0.1) is 10.1 Å². The summed E-state index contributed by atoms with van der Waals surface area (Å²) in [5.74, 6) is 5.59. The first-order valence-corrected chi connectivity index (χ1v) is 5.42. The Morgan fingerprint density at radius 3 is 2.79 bits per heavy atom. The third kappa shape index (κ3) is 2.57. The van der Waals surface area contributed by atoms with E-state index in [2.05, 4.69) is 25.8 Å². The van der Waals surface area contributed by atoms with Gasteiger partial charge in [0.15, 0.2) is 5.82 Å². The van der Waals surface area contributed by atoms with Gasteiger partial charge in [0.25, 0.3) is 0 Å². The first-order chi connectivity index (χ1) is 9.15. The lowest BCUT2D eigenvalue weighted by Crippen LogP contribution is -2.13. The molecule has 0 saturated carbocycles. The van der Waals surface area contributed by atoms with E-state index in [4.69, 9.17) is 5.84 Å². The lowest BCUT2D eigenvalue weighted by Gasteiger charge is -2.05. The Bertz CT molecular complexity index is 596. The lowest BCUT2D eigenvalue weighted by atomic mass is 10.4. The minimum atomic E-state index is -0.617. The monoisotopic (exact) mass is 264 g/mol. The van der Waals surface area contributed by atoms with Crippen LogP contribution in [0.1, 0.15) is 6.92 Å². The van der Waals surface area contributed by atoms with Crippen LogP contribution >= 0.6 is 0 Å². The Morgan fingerprint density at radius 1 is 1.47 bits per heavy atom. The van der Waals surface area contributed by atoms with Crippen molar-refractivity contribution in [2.24, 2.45) is 5.84 Å². The molecule has 0 amide bonds. The predicted octanol–water partition coefficient (Wildman–Crippen LogP) is 0.630. The van der Waals surface area contributed by atoms with Gasteiger partial charge in [-0.05, 0) is 6.92 Å². The third-order valence-electron chi connectivity index (χ3n) is 2.35. The number of nitro groups is 1. The van der Waals surface area contributed by atoms with E-state index in [1.165, 1.54) is 6.33 Å². The van der Waals surface area contributed by atoms with Gasteiger partial charge in [-0.25, -0.2) is 15.8 Å². The molecular formula is C9H12N8O2. The number of nitrogens with one attached hydrogen (secondary N) is 2. The van der Waals surface area contributed by atoms with Crippen LogP contribution < -0.4 is 16.6 Å². The number of anilines is 3. The van der Waals surface area contributed by atoms with Gasteiger partial charge < -0.3 is 10.7 Å². The smallest absolute Gasteiger partial charge is 0.317 e. The minimum absolute atomic E-state index is 0.0225. The number of nitrogens with two attached hydrogens (primary N) is 1. The molecule has 19 heavy (non-hydrogen) atoms. The highest BCUT2D eigenvalue weighted by molar-refractivity contribution is 5.72. The first kappa shape index (κ1) is 12.7. The second-order valence-electron chi connectivity index (χ2n) is 3.50. The van der Waals surface area contributed by atoms with Gasteiger partial charge in [0.05, 0.1) is 4.92 Å². The number of rotatable bonds is 5. The Morgan fingerprint density at radius 2 is 2.21 bits per heavy atom. The van der Waals surface area contributed by atoms with Crippen LogP contribution in [0.5, 0.6) is 0 Å². The molecule has 100 valence electrons. The Balaban J connectivity index is 2.36. The zero-order valence-electron chi connectivity index (χ0n) is 10.1. The number of hydrogen-bond donors (Lipinski definition) is 3. The van der Waals surface area contributed by atoms with Crippen LogP contribution in [-0.4, -0.2) is 24.7 Å². The summed E-state index contributed by atoms with van der Waals surface area (Å²) < 4.78 is 1.68. The van der Waals surface area contributed by atoms with E-state index in [0.29, 0.717) is 12.4 Å². The molecule has 0 aliphatic rings. The Kier molecular flexibility index (Phi) is 3.52. The molecule has 2 aromatic rings. The van der Waals surface area contributed by atoms with Crippen molar-refractivity contribution in [2.45, 2.75) is 13.5 Å². The predicted molar refractivity (Wildman–Crippen MR) is 67.7 cm³/mol. The number of aryl methyl sites for hydroxylation is 1. The molecule has 2 rings (SSSR count). The number of nitrogen functional groups attached to an aromatic ring is 1. The van der Waals surface area contributed by atoms with Crippen LogP contribution in [0.3, 0.4) is 0 Å². The van der Waals surface area contributed by atoms with Gasteiger partial charge in [0.2, 0.25) is 11.6 Å². The highest BCUT2D eigenvalue weighted by Gasteiger charge is 2.22. The van der Waals surface area contributed by atoms with Crippen LogP contribution in [-0.2, 0) is 6.54 Å². The molecule has 10 heteroatoms. The van der Waals surface area contributed by atoms with Gasteiger partial charge in [-0.1, -0.05) is 0 Å². The summed E-state index contributed by atoms with van der Waals surface area (Å²) in [6, 6.07) is 1.69. The van der Waals surface area contributed by atoms with Gasteiger partial charge in [0.1, 0.15) is 6.33 Å². The van der Waals surface area contributed by atoms with E-state index in [0.717, 1.165) is 0 Å². The van der Waals surface area contributed by atoms with Crippen molar-refractivity contribution in [1.29, 1.82) is 0 Å². The summed E-state index contributed by atoms with van der Waals surface area (Å²) in [4.78, 5) is 17.9. The van der Waals surface area contributed by atoms with Crippen LogP contribution in [0.4, 0.5) is 23.1 Å². The molecule has 0 bridgehead atoms. The van der Waals surface area contributed by atoms with E-state index in [-0.39, 0.29) is 17.3 Å². The fraction of sp³-hybridized carbons (Fsp3) is 0.222. The van der Waals surface area contributed by atoms with Crippen LogP contribution in [0.15, 0.2) is 18.6 Å². The lowest BCUT2D eigenvalue weighted by molar-refractivity contribution is -0.383. The number of nitrogens with zero attached hydrogens (tertiary/aromatic N) is 5. The number of hydrogen-bond acceptors (Lipinski definition) is 8. The molecule has 0 aromatic carbocycles. The van der Waals surface area contributed by atoms with Gasteiger partial charge >= 0.3 is 5.69 Å². The molecule has 0 spiro atoms. The fourth-order valence-electron chi connectivity index (χ4n) is 1.47. The molecular weight excluding hydrogens is 252 g/mol. The van der Waals surface area contributed by atoms with Crippen LogP contribution in [0.25, 0.3) is 0 Å². The molecule has 0 unspecified atom stereocenters. The van der Waals surface area contributed by atoms with Crippen molar-refractivity contribution in [3.8, 4) is 0 Å². The van der Waals surface area contributed by atoms with Crippen molar-refractivity contribution >= 4 is 23.1 Å². The highest BCUT2D eigenvalue weighted by atomic mass is 16.6. The molecule has 0 aliphatic carbocycles. The average Bonchev–Trinajstić information content (AvgIpc) is 2.85. The average molecular weight is 264 g/mol. The van der Waals surface area contributed by atoms with E-state index >= 15 is 0 Å². The molecule has 0 atom stereocenters. The minimum Gasteiger partial charge on any atom is -0.317 e. The molecule has 2 heterocycles. The molecule has 0 saturated heterocycles. The summed E-state index contributed by atoms with van der Waals surface area (Å²) in [7, 11) is 0. The third-order valence-corrected chi connectivity index (χ3v) is 2.35. The number of aromatic nitrogens is 4. The second kappa shape index (κ2) is 5.27. The van der Waals surface area contributed by atoms with Crippen LogP contribution in [0.2, 0.25) is 0 Å². The molecule has 10 nitrogen and oxygen atoms in total. The van der Waals surface area contributed by atoms with Gasteiger partial charge in [0, 0.05) is 18.8 Å². The molecule has 0 radical (unpaired) electrons. The van der Waals surface area contributed by atoms with Gasteiger partial charge in [-0.15, -0.1) is 0 Å². The molecule has 2 aromatic heterocycles. The standard InChI is InChI=1S/C9H12N8O2/c1-2-16-4-3-6(15-16)13-8-7(17(18)19)9(14-10)12-5-11-8/h3-5H,2,10H2,1H3,(H2,11,12,13,14,15). The van der Waals surface area contributed by atoms with Crippen molar-refractivity contribution in [3.05, 3.63) is 28.7 Å². The highest BCUT2D eigenvalue weighted by Crippen LogP contribution is 2.29. The van der Waals surface area contributed by atoms with E-state index < -0.39 is 4.92 Å². The Hall–Kier alpha value is -2.75. The maximum absolute atomic E-state index is 11.0. The van der Waals surface area contributed by atoms with Crippen molar-refractivity contribution in [1.82, 2.24) is 19.7 Å². The summed E-state index contributed by atoms with van der Waals surface area (Å²) in [6.45, 7) is 2.63. The topological polar surface area (TPSA) is 137 Å². The largest absolute Gasteiger partial charge is 0.354 e. The second-order valence-corrected chi connectivity index (χ2v) is 3.50. The zero-order chi connectivity index (χ0) is 13.8. The van der Waals surface area contributed by atoms with E-state index in [1.54, 1.807) is 16.9 Å². The fourth-order valence-corrected chi connectivity index (χ4v) is 1.47. The summed E-state index contributed by atoms with van der Waals surface area (Å²) in [5.41, 5.74) is 1.82. The van der Waals surface area contributed by atoms with Crippen molar-refractivity contribution in [2.75, 3.05) is 10.7 Å². The Labute approximate surface area is 107 Å². The summed E-state index contributed by atoms with van der Waals surface area (Å²) >= 11 is 0. The number of hydrazine groups is 1. The maximum Gasteiger partial charge on any atom is 0.354 e. The van der Waals surface area contributed by atoms with Gasteiger partial charge in [-0.3, -0.25) is 14.8 Å². The van der Waals surface area contributed by atoms with E-state index in [9.17, 15) is 10.1 Å².